The molecular formula is C53H91N13O19. The summed E-state index contributed by atoms with van der Waals surface area (Å²) in [7, 11) is 0. The maximum absolute atomic E-state index is 14.2. The van der Waals surface area contributed by atoms with Crippen molar-refractivity contribution in [1.82, 2.24) is 58.5 Å². The van der Waals surface area contributed by atoms with Crippen molar-refractivity contribution >= 4 is 88.9 Å². The molecule has 11 amide bonds. The number of hydrogen-bond donors (Lipinski definition) is 17. The molecule has 0 fully saturated rings. The van der Waals surface area contributed by atoms with Crippen LogP contribution < -0.4 is 70.0 Å². The van der Waals surface area contributed by atoms with Crippen LogP contribution in [0.1, 0.15) is 140 Å². The number of nitrogens with one attached hydrogen (secondary N) is 11. The minimum absolute atomic E-state index is 0.0649. The fourth-order valence-corrected chi connectivity index (χ4v) is 7.84. The normalized spacial score (nSPS) is 15.1. The Morgan fingerprint density at radius 1 is 0.353 bits per heavy atom. The molecule has 19 N–H and O–H groups in total. The molecule has 0 unspecified atom stereocenters. The molecule has 0 spiro atoms. The zero-order chi connectivity index (χ0) is 65.6. The standard InChI is InChI=1S/C53H91N13O19/c1-24(2)20-34(50(82)61-32(15-17-37(67)68)46(78)58-28(9)43(75)56-23-40(73)74)63-47(79)31(14-12-13-19-54)60-48(80)33(16-18-38(69)70)62-51(83)35(21-25(3)4)65-53(85)42(27(7)8)66-45(77)30(11)57-44(76)29(10)59-49(81)36(22-39(71)72)64-52(84)41(55)26(5)6/h24-36,41-42H,12-23,54-55H2,1-11H3,(H,56,75)(H,57,76)(H,58,78)(H,59,81)(H,60,80)(H,61,82)(H,62,83)(H,63,79)(H,64,84)(H,65,85)(H,66,77)(H,67,68)(H,69,70)(H,71,72)(H,73,74)/t28-,29-,30-,31-,32-,33-,34-,35-,36-,41-,42-/m0/s1. The predicted molar refractivity (Wildman–Crippen MR) is 302 cm³/mol. The van der Waals surface area contributed by atoms with Crippen LogP contribution in [-0.2, 0) is 71.9 Å². The number of rotatable bonds is 41. The summed E-state index contributed by atoms with van der Waals surface area (Å²) in [6.45, 7) is 16.3. The van der Waals surface area contributed by atoms with Crippen LogP contribution in [0, 0.1) is 23.7 Å². The third-order valence-corrected chi connectivity index (χ3v) is 12.8. The number of carbonyl (C=O) groups excluding carboxylic acids is 11. The van der Waals surface area contributed by atoms with Gasteiger partial charge in [0, 0.05) is 12.8 Å². The monoisotopic (exact) mass is 1210 g/mol. The minimum atomic E-state index is -1.67. The maximum Gasteiger partial charge on any atom is 0.322 e. The number of amides is 11. The predicted octanol–water partition coefficient (Wildman–Crippen LogP) is -3.84. The Kier molecular flexibility index (Phi) is 35.1. The van der Waals surface area contributed by atoms with Crippen LogP contribution in [0.3, 0.4) is 0 Å². The van der Waals surface area contributed by atoms with Gasteiger partial charge in [-0.25, -0.2) is 0 Å². The topological polar surface area (TPSA) is 521 Å². The molecule has 0 aliphatic carbocycles. The lowest BCUT2D eigenvalue weighted by Gasteiger charge is -2.29. The van der Waals surface area contributed by atoms with E-state index < -0.39 is 200 Å². The van der Waals surface area contributed by atoms with Gasteiger partial charge >= 0.3 is 23.9 Å². The quantitative estimate of drug-likeness (QED) is 0.0261. The lowest BCUT2D eigenvalue weighted by atomic mass is 9.99. The third-order valence-electron chi connectivity index (χ3n) is 12.8. The molecule has 0 radical (unpaired) electrons. The first-order valence-electron chi connectivity index (χ1n) is 28.1. The molecule has 0 aliphatic heterocycles. The zero-order valence-corrected chi connectivity index (χ0v) is 50.2. The van der Waals surface area contributed by atoms with Gasteiger partial charge in [0.25, 0.3) is 0 Å². The fourth-order valence-electron chi connectivity index (χ4n) is 7.84. The van der Waals surface area contributed by atoms with Crippen molar-refractivity contribution in [3.8, 4) is 0 Å². The van der Waals surface area contributed by atoms with Crippen LogP contribution in [0.25, 0.3) is 0 Å². The van der Waals surface area contributed by atoms with E-state index in [9.17, 15) is 87.2 Å². The highest BCUT2D eigenvalue weighted by Gasteiger charge is 2.37. The van der Waals surface area contributed by atoms with Crippen LogP contribution in [0.2, 0.25) is 0 Å². The molecule has 0 bridgehead atoms. The molecule has 0 aromatic rings. The second kappa shape index (κ2) is 38.8. The van der Waals surface area contributed by atoms with Crippen LogP contribution >= 0.6 is 0 Å². The SMILES string of the molecule is CC(C)C[C@H](NC(=O)[C@H](CCCCN)NC(=O)[C@H](CCC(=O)O)NC(=O)[C@H](CC(C)C)NC(=O)[C@@H](NC(=O)[C@H](C)NC(=O)[C@H](C)NC(=O)[C@H](CC(=O)O)NC(=O)[C@@H](N)C(C)C)C(C)C)C(=O)N[C@@H](CCC(=O)O)C(=O)N[C@@H](C)C(=O)NCC(=O)O. The summed E-state index contributed by atoms with van der Waals surface area (Å²) in [6.07, 6.45) is -2.84. The summed E-state index contributed by atoms with van der Waals surface area (Å²) in [5.41, 5.74) is 11.5. The van der Waals surface area contributed by atoms with Crippen LogP contribution in [0.4, 0.5) is 0 Å². The summed E-state index contributed by atoms with van der Waals surface area (Å²) in [5.74, 6) is -17.6. The summed E-state index contributed by atoms with van der Waals surface area (Å²) >= 11 is 0. The lowest BCUT2D eigenvalue weighted by Crippen LogP contribution is -2.61. The van der Waals surface area contributed by atoms with Crippen molar-refractivity contribution < 1.29 is 92.3 Å². The van der Waals surface area contributed by atoms with E-state index in [-0.39, 0.29) is 50.0 Å². The zero-order valence-electron chi connectivity index (χ0n) is 50.2. The van der Waals surface area contributed by atoms with Gasteiger partial charge in [0.1, 0.15) is 67.0 Å². The highest BCUT2D eigenvalue weighted by Crippen LogP contribution is 2.13. The molecule has 0 saturated carbocycles. The number of hydrogen-bond acceptors (Lipinski definition) is 17. The van der Waals surface area contributed by atoms with Gasteiger partial charge in [-0.3, -0.25) is 71.9 Å². The first-order chi connectivity index (χ1) is 39.4. The van der Waals surface area contributed by atoms with Crippen molar-refractivity contribution in [1.29, 1.82) is 0 Å². The van der Waals surface area contributed by atoms with Gasteiger partial charge < -0.3 is 90.4 Å². The Balaban J connectivity index is 6.61. The van der Waals surface area contributed by atoms with Crippen molar-refractivity contribution in [2.75, 3.05) is 13.1 Å². The second-order valence-corrected chi connectivity index (χ2v) is 22.2. The Hall–Kier alpha value is -8.03. The van der Waals surface area contributed by atoms with E-state index in [0.29, 0.717) is 6.42 Å². The van der Waals surface area contributed by atoms with E-state index in [1.807, 2.05) is 0 Å². The van der Waals surface area contributed by atoms with Crippen LogP contribution in [0.15, 0.2) is 0 Å². The van der Waals surface area contributed by atoms with Gasteiger partial charge in [-0.1, -0.05) is 55.4 Å². The highest BCUT2D eigenvalue weighted by atomic mass is 16.4. The van der Waals surface area contributed by atoms with Gasteiger partial charge in [0.2, 0.25) is 65.0 Å². The van der Waals surface area contributed by atoms with Gasteiger partial charge in [-0.2, -0.15) is 0 Å². The molecule has 0 heterocycles. The summed E-state index contributed by atoms with van der Waals surface area (Å²) in [6, 6.07) is -15.7. The largest absolute Gasteiger partial charge is 0.481 e. The van der Waals surface area contributed by atoms with E-state index in [2.05, 4.69) is 58.5 Å². The molecule has 11 atom stereocenters. The molecule has 0 aliphatic rings. The maximum atomic E-state index is 14.2. The number of carbonyl (C=O) groups is 15. The number of nitrogens with two attached hydrogens (primary N) is 2. The van der Waals surface area contributed by atoms with E-state index in [0.717, 1.165) is 0 Å². The van der Waals surface area contributed by atoms with Crippen molar-refractivity contribution in [3.63, 3.8) is 0 Å². The Bertz CT molecular complexity index is 2350. The highest BCUT2D eigenvalue weighted by molar-refractivity contribution is 5.99. The molecule has 0 rings (SSSR count). The summed E-state index contributed by atoms with van der Waals surface area (Å²) in [5, 5.41) is 63.6. The summed E-state index contributed by atoms with van der Waals surface area (Å²) in [4.78, 5) is 194. The van der Waals surface area contributed by atoms with Crippen molar-refractivity contribution in [2.24, 2.45) is 35.1 Å². The number of aliphatic carboxylic acids is 4. The van der Waals surface area contributed by atoms with Crippen LogP contribution in [0.5, 0.6) is 0 Å². The minimum Gasteiger partial charge on any atom is -0.481 e. The average Bonchev–Trinajstić information content (AvgIpc) is 3.62. The lowest BCUT2D eigenvalue weighted by molar-refractivity contribution is -0.141. The number of carboxylic acids is 4. The smallest absolute Gasteiger partial charge is 0.322 e. The van der Waals surface area contributed by atoms with Crippen molar-refractivity contribution in [3.05, 3.63) is 0 Å². The molecule has 482 valence electrons. The molecule has 32 heteroatoms. The Morgan fingerprint density at radius 3 is 1.09 bits per heavy atom. The average molecular weight is 1210 g/mol. The van der Waals surface area contributed by atoms with Gasteiger partial charge in [-0.15, -0.1) is 0 Å². The Labute approximate surface area is 493 Å². The Morgan fingerprint density at radius 2 is 0.706 bits per heavy atom. The first-order valence-corrected chi connectivity index (χ1v) is 28.1. The third kappa shape index (κ3) is 30.9. The molecule has 32 nitrogen and oxygen atoms in total. The number of carboxylic acid groups (broad SMARTS) is 4. The van der Waals surface area contributed by atoms with Gasteiger partial charge in [0.05, 0.1) is 12.5 Å². The molecule has 85 heavy (non-hydrogen) atoms. The summed E-state index contributed by atoms with van der Waals surface area (Å²) < 4.78 is 0. The molecule has 0 aromatic heterocycles. The second-order valence-electron chi connectivity index (χ2n) is 22.2. The van der Waals surface area contributed by atoms with E-state index in [1.165, 1.54) is 20.8 Å². The van der Waals surface area contributed by atoms with Crippen LogP contribution in [-0.4, -0.2) is 189 Å². The number of unbranched alkanes of at least 4 members (excludes halogenated alkanes) is 1. The van der Waals surface area contributed by atoms with E-state index >= 15 is 0 Å². The molecular weight excluding hydrogens is 1120 g/mol. The van der Waals surface area contributed by atoms with Gasteiger partial charge in [0.15, 0.2) is 0 Å². The molecule has 0 aromatic carbocycles. The first kappa shape index (κ1) is 77.0. The van der Waals surface area contributed by atoms with E-state index in [4.69, 9.17) is 16.6 Å². The molecule has 0 saturated heterocycles. The van der Waals surface area contributed by atoms with E-state index in [1.54, 1.807) is 55.4 Å². The van der Waals surface area contributed by atoms with Crippen molar-refractivity contribution in [2.45, 2.75) is 207 Å². The van der Waals surface area contributed by atoms with Gasteiger partial charge in [-0.05, 0) is 95.9 Å². The fraction of sp³-hybridized carbons (Fsp3) is 0.717.